The Bertz CT molecular complexity index is 360. The first-order chi connectivity index (χ1) is 8.51. The molecule has 0 aliphatic carbocycles. The van der Waals surface area contributed by atoms with Gasteiger partial charge in [-0.3, -0.25) is 5.84 Å². The van der Waals surface area contributed by atoms with E-state index in [-0.39, 0.29) is 11.6 Å². The predicted octanol–water partition coefficient (Wildman–Crippen LogP) is 1.53. The quantitative estimate of drug-likeness (QED) is 0.571. The van der Waals surface area contributed by atoms with Crippen molar-refractivity contribution >= 4 is 0 Å². The van der Waals surface area contributed by atoms with Crippen LogP contribution in [0.2, 0.25) is 0 Å². The molecule has 1 aromatic rings. The van der Waals surface area contributed by atoms with Crippen LogP contribution in [0, 0.1) is 0 Å². The summed E-state index contributed by atoms with van der Waals surface area (Å²) < 4.78 is 2.18. The number of rotatable bonds is 7. The molecule has 0 bridgehead atoms. The number of nitrogens with one attached hydrogen (secondary N) is 1. The van der Waals surface area contributed by atoms with Gasteiger partial charge in [-0.1, -0.05) is 13.8 Å². The molecule has 1 heterocycles. The fourth-order valence-corrected chi connectivity index (χ4v) is 2.32. The fourth-order valence-electron chi connectivity index (χ4n) is 2.32. The number of hydrogen-bond donors (Lipinski definition) is 2. The van der Waals surface area contributed by atoms with Gasteiger partial charge < -0.3 is 9.47 Å². The molecule has 0 saturated heterocycles. The van der Waals surface area contributed by atoms with Gasteiger partial charge in [0.15, 0.2) is 0 Å². The first-order valence-electron chi connectivity index (χ1n) is 6.65. The molecule has 0 fully saturated rings. The topological polar surface area (TPSA) is 59.1 Å². The second kappa shape index (κ2) is 6.31. The molecule has 104 valence electrons. The maximum atomic E-state index is 5.80. The third-order valence-corrected chi connectivity index (χ3v) is 4.00. The number of aryl methyl sites for hydroxylation is 1. The molecule has 0 aliphatic heterocycles. The average Bonchev–Trinajstić information content (AvgIpc) is 2.78. The lowest BCUT2D eigenvalue weighted by Gasteiger charge is -2.42. The Morgan fingerprint density at radius 3 is 2.61 bits per heavy atom. The van der Waals surface area contributed by atoms with Crippen LogP contribution in [-0.4, -0.2) is 34.1 Å². The summed E-state index contributed by atoms with van der Waals surface area (Å²) in [5.74, 6) is 6.81. The number of likely N-dealkylation sites (N-methyl/N-ethyl adjacent to an activating group) is 1. The number of nitrogens with two attached hydrogens (primary N) is 1. The van der Waals surface area contributed by atoms with Gasteiger partial charge in [-0.25, -0.2) is 10.4 Å². The molecule has 3 N–H and O–H groups in total. The van der Waals surface area contributed by atoms with Gasteiger partial charge in [0, 0.05) is 24.5 Å². The Labute approximate surface area is 110 Å². The maximum absolute atomic E-state index is 5.80. The summed E-state index contributed by atoms with van der Waals surface area (Å²) >= 11 is 0. The fraction of sp³-hybridized carbons (Fsp3) is 0.769. The minimum Gasteiger partial charge on any atom is -0.334 e. The molecular weight excluding hydrogens is 226 g/mol. The second-order valence-corrected chi connectivity index (χ2v) is 5.18. The SMILES string of the molecule is CCCn1ccnc1C(NN)C(C)(CC)N(C)C. The van der Waals surface area contributed by atoms with Gasteiger partial charge in [-0.15, -0.1) is 0 Å². The highest BCUT2D eigenvalue weighted by atomic mass is 15.3. The van der Waals surface area contributed by atoms with Crippen molar-refractivity contribution in [2.75, 3.05) is 14.1 Å². The molecular formula is C13H27N5. The van der Waals surface area contributed by atoms with Crippen LogP contribution in [-0.2, 0) is 6.54 Å². The standard InChI is InChI=1S/C13H27N5/c1-6-9-18-10-8-15-12(18)11(16-14)13(3,7-2)17(4)5/h8,10-11,16H,6-7,9,14H2,1-5H3. The van der Waals surface area contributed by atoms with Gasteiger partial charge in [0.1, 0.15) is 5.82 Å². The van der Waals surface area contributed by atoms with Crippen LogP contribution in [0.25, 0.3) is 0 Å². The van der Waals surface area contributed by atoms with Crippen molar-refractivity contribution in [3.8, 4) is 0 Å². The van der Waals surface area contributed by atoms with E-state index in [4.69, 9.17) is 5.84 Å². The van der Waals surface area contributed by atoms with Gasteiger partial charge in [0.25, 0.3) is 0 Å². The number of hydrazine groups is 1. The molecule has 0 aliphatic rings. The van der Waals surface area contributed by atoms with Crippen LogP contribution >= 0.6 is 0 Å². The number of aromatic nitrogens is 2. The minimum atomic E-state index is -0.0639. The molecule has 0 aromatic carbocycles. The molecule has 1 rings (SSSR count). The molecule has 5 nitrogen and oxygen atoms in total. The molecule has 0 radical (unpaired) electrons. The van der Waals surface area contributed by atoms with Crippen LogP contribution in [0.5, 0.6) is 0 Å². The lowest BCUT2D eigenvalue weighted by Crippen LogP contribution is -2.53. The van der Waals surface area contributed by atoms with E-state index in [2.05, 4.69) is 54.7 Å². The first-order valence-corrected chi connectivity index (χ1v) is 6.65. The highest BCUT2D eigenvalue weighted by Gasteiger charge is 2.37. The Kier molecular flexibility index (Phi) is 5.31. The second-order valence-electron chi connectivity index (χ2n) is 5.18. The largest absolute Gasteiger partial charge is 0.334 e. The lowest BCUT2D eigenvalue weighted by atomic mass is 9.87. The lowest BCUT2D eigenvalue weighted by molar-refractivity contribution is 0.106. The Balaban J connectivity index is 3.11. The highest BCUT2D eigenvalue weighted by Crippen LogP contribution is 2.31. The Morgan fingerprint density at radius 1 is 1.50 bits per heavy atom. The van der Waals surface area contributed by atoms with Gasteiger partial charge in [-0.2, -0.15) is 0 Å². The molecule has 2 unspecified atom stereocenters. The van der Waals surface area contributed by atoms with Crippen molar-refractivity contribution in [1.29, 1.82) is 0 Å². The van der Waals surface area contributed by atoms with E-state index in [0.29, 0.717) is 0 Å². The average molecular weight is 253 g/mol. The molecule has 2 atom stereocenters. The number of imidazole rings is 1. The normalized spacial score (nSPS) is 16.8. The summed E-state index contributed by atoms with van der Waals surface area (Å²) in [6, 6.07) is 0.0130. The summed E-state index contributed by atoms with van der Waals surface area (Å²) in [6.45, 7) is 7.53. The van der Waals surface area contributed by atoms with Gasteiger partial charge >= 0.3 is 0 Å². The third kappa shape index (κ3) is 2.74. The van der Waals surface area contributed by atoms with Crippen molar-refractivity contribution in [2.24, 2.45) is 5.84 Å². The zero-order chi connectivity index (χ0) is 13.8. The molecule has 5 heteroatoms. The van der Waals surface area contributed by atoms with Crippen LogP contribution in [0.3, 0.4) is 0 Å². The third-order valence-electron chi connectivity index (χ3n) is 4.00. The molecule has 0 spiro atoms. The monoisotopic (exact) mass is 253 g/mol. The zero-order valence-corrected chi connectivity index (χ0v) is 12.3. The summed E-state index contributed by atoms with van der Waals surface area (Å²) in [4.78, 5) is 6.71. The van der Waals surface area contributed by atoms with Crippen LogP contribution < -0.4 is 11.3 Å². The van der Waals surface area contributed by atoms with E-state index in [1.54, 1.807) is 0 Å². The summed E-state index contributed by atoms with van der Waals surface area (Å²) in [5.41, 5.74) is 2.89. The number of nitrogens with zero attached hydrogens (tertiary/aromatic N) is 3. The highest BCUT2D eigenvalue weighted by molar-refractivity contribution is 5.08. The summed E-state index contributed by atoms with van der Waals surface area (Å²) in [5, 5.41) is 0. The van der Waals surface area contributed by atoms with Crippen molar-refractivity contribution in [3.63, 3.8) is 0 Å². The van der Waals surface area contributed by atoms with Crippen molar-refractivity contribution in [1.82, 2.24) is 19.9 Å². The molecule has 1 aromatic heterocycles. The smallest absolute Gasteiger partial charge is 0.129 e. The predicted molar refractivity (Wildman–Crippen MR) is 75.0 cm³/mol. The van der Waals surface area contributed by atoms with Crippen LogP contribution in [0.1, 0.15) is 45.5 Å². The van der Waals surface area contributed by atoms with E-state index >= 15 is 0 Å². The maximum Gasteiger partial charge on any atom is 0.129 e. The van der Waals surface area contributed by atoms with E-state index in [1.165, 1.54) is 0 Å². The van der Waals surface area contributed by atoms with Crippen LogP contribution in [0.15, 0.2) is 12.4 Å². The summed E-state index contributed by atoms with van der Waals surface area (Å²) in [6.07, 6.45) is 5.95. The van der Waals surface area contributed by atoms with E-state index in [9.17, 15) is 0 Å². The molecule has 0 saturated carbocycles. The molecule has 18 heavy (non-hydrogen) atoms. The van der Waals surface area contributed by atoms with Crippen molar-refractivity contribution in [3.05, 3.63) is 18.2 Å². The van der Waals surface area contributed by atoms with E-state index < -0.39 is 0 Å². The van der Waals surface area contributed by atoms with Crippen molar-refractivity contribution < 1.29 is 0 Å². The number of hydrogen-bond acceptors (Lipinski definition) is 4. The van der Waals surface area contributed by atoms with Gasteiger partial charge in [0.2, 0.25) is 0 Å². The van der Waals surface area contributed by atoms with Crippen molar-refractivity contribution in [2.45, 2.75) is 51.7 Å². The van der Waals surface area contributed by atoms with E-state index in [0.717, 1.165) is 25.2 Å². The Hall–Kier alpha value is -0.910. The van der Waals surface area contributed by atoms with Crippen LogP contribution in [0.4, 0.5) is 0 Å². The minimum absolute atomic E-state index is 0.0130. The Morgan fingerprint density at radius 2 is 2.17 bits per heavy atom. The zero-order valence-electron chi connectivity index (χ0n) is 12.3. The first kappa shape index (κ1) is 15.1. The van der Waals surface area contributed by atoms with Gasteiger partial charge in [-0.05, 0) is 33.9 Å². The van der Waals surface area contributed by atoms with E-state index in [1.807, 2.05) is 12.4 Å². The molecule has 0 amide bonds. The summed E-state index contributed by atoms with van der Waals surface area (Å²) in [7, 11) is 4.17. The van der Waals surface area contributed by atoms with Gasteiger partial charge in [0.05, 0.1) is 6.04 Å².